The molecule has 0 saturated heterocycles. The third kappa shape index (κ3) is 4.32. The number of amides is 1. The summed E-state index contributed by atoms with van der Waals surface area (Å²) in [7, 11) is 1.41. The Morgan fingerprint density at radius 2 is 1.83 bits per heavy atom. The molecule has 0 heterocycles. The van der Waals surface area contributed by atoms with Crippen LogP contribution in [0.25, 0.3) is 0 Å². The summed E-state index contributed by atoms with van der Waals surface area (Å²) in [4.78, 5) is 23.6. The first-order valence-corrected chi connectivity index (χ1v) is 8.11. The molecular weight excluding hydrogens is 294 g/mol. The zero-order valence-electron chi connectivity index (χ0n) is 13.8. The Morgan fingerprint density at radius 1 is 1.22 bits per heavy atom. The summed E-state index contributed by atoms with van der Waals surface area (Å²) in [6.45, 7) is 1.35. The fourth-order valence-electron chi connectivity index (χ4n) is 3.11. The molecule has 1 aliphatic carbocycles. The number of methoxy groups -OCH3 is 1. The SMILES string of the molecule is COCC(C)(NC(=O)c1ccc(C2CCCCC2)cc1)C(=O)O. The maximum Gasteiger partial charge on any atom is 0.331 e. The van der Waals surface area contributed by atoms with Gasteiger partial charge in [0.15, 0.2) is 5.54 Å². The van der Waals surface area contributed by atoms with E-state index in [2.05, 4.69) is 5.32 Å². The Hall–Kier alpha value is -1.88. The zero-order valence-corrected chi connectivity index (χ0v) is 13.8. The van der Waals surface area contributed by atoms with Gasteiger partial charge in [-0.2, -0.15) is 0 Å². The van der Waals surface area contributed by atoms with Gasteiger partial charge in [-0.3, -0.25) is 4.79 Å². The van der Waals surface area contributed by atoms with E-state index >= 15 is 0 Å². The fourth-order valence-corrected chi connectivity index (χ4v) is 3.11. The van der Waals surface area contributed by atoms with Crippen LogP contribution in [-0.4, -0.2) is 36.2 Å². The summed E-state index contributed by atoms with van der Waals surface area (Å²) in [6, 6.07) is 7.52. The highest BCUT2D eigenvalue weighted by molar-refractivity contribution is 5.97. The smallest absolute Gasteiger partial charge is 0.331 e. The van der Waals surface area contributed by atoms with Crippen molar-refractivity contribution < 1.29 is 19.4 Å². The lowest BCUT2D eigenvalue weighted by molar-refractivity contribution is -0.145. The molecular formula is C18H25NO4. The number of carbonyl (C=O) groups excluding carboxylic acids is 1. The standard InChI is InChI=1S/C18H25NO4/c1-18(12-23-2,17(21)22)19-16(20)15-10-8-14(9-11-15)13-6-4-3-5-7-13/h8-11,13H,3-7,12H2,1-2H3,(H,19,20)(H,21,22). The first kappa shape index (κ1) is 17.5. The summed E-state index contributed by atoms with van der Waals surface area (Å²) >= 11 is 0. The first-order valence-electron chi connectivity index (χ1n) is 8.11. The molecule has 0 radical (unpaired) electrons. The minimum absolute atomic E-state index is 0.0891. The Balaban J connectivity index is 2.06. The maximum absolute atomic E-state index is 12.3. The van der Waals surface area contributed by atoms with E-state index in [4.69, 9.17) is 4.74 Å². The average Bonchev–Trinajstić information content (AvgIpc) is 2.56. The zero-order chi connectivity index (χ0) is 16.9. The van der Waals surface area contributed by atoms with E-state index in [1.807, 2.05) is 12.1 Å². The van der Waals surface area contributed by atoms with Gasteiger partial charge in [0.25, 0.3) is 5.91 Å². The summed E-state index contributed by atoms with van der Waals surface area (Å²) in [5, 5.41) is 11.8. The number of rotatable bonds is 6. The molecule has 1 fully saturated rings. The van der Waals surface area contributed by atoms with Gasteiger partial charge >= 0.3 is 5.97 Å². The topological polar surface area (TPSA) is 75.6 Å². The van der Waals surface area contributed by atoms with Crippen LogP contribution in [0.1, 0.15) is 60.9 Å². The molecule has 1 unspecified atom stereocenters. The molecule has 5 nitrogen and oxygen atoms in total. The van der Waals surface area contributed by atoms with E-state index in [0.717, 1.165) is 0 Å². The quantitative estimate of drug-likeness (QED) is 0.845. The Morgan fingerprint density at radius 3 is 2.35 bits per heavy atom. The third-order valence-electron chi connectivity index (χ3n) is 4.54. The maximum atomic E-state index is 12.3. The number of carbonyl (C=O) groups is 2. The van der Waals surface area contributed by atoms with Crippen molar-refractivity contribution in [1.29, 1.82) is 0 Å². The van der Waals surface area contributed by atoms with Crippen molar-refractivity contribution in [3.63, 3.8) is 0 Å². The molecule has 23 heavy (non-hydrogen) atoms. The minimum atomic E-state index is -1.44. The van der Waals surface area contributed by atoms with Crippen LogP contribution in [0.4, 0.5) is 0 Å². The summed E-state index contributed by atoms with van der Waals surface area (Å²) in [6.07, 6.45) is 6.25. The van der Waals surface area contributed by atoms with Crippen molar-refractivity contribution in [2.24, 2.45) is 0 Å². The van der Waals surface area contributed by atoms with Crippen LogP contribution in [0.15, 0.2) is 24.3 Å². The van der Waals surface area contributed by atoms with E-state index < -0.39 is 17.4 Å². The number of ether oxygens (including phenoxy) is 1. The first-order chi connectivity index (χ1) is 11.0. The van der Waals surface area contributed by atoms with Gasteiger partial charge in [-0.15, -0.1) is 0 Å². The molecule has 1 atom stereocenters. The van der Waals surface area contributed by atoms with Gasteiger partial charge in [0.05, 0.1) is 6.61 Å². The van der Waals surface area contributed by atoms with Gasteiger partial charge in [0, 0.05) is 12.7 Å². The second kappa shape index (κ2) is 7.59. The van der Waals surface area contributed by atoms with Crippen LogP contribution in [-0.2, 0) is 9.53 Å². The molecule has 0 aliphatic heterocycles. The van der Waals surface area contributed by atoms with Crippen LogP contribution in [0, 0.1) is 0 Å². The van der Waals surface area contributed by atoms with Crippen molar-refractivity contribution in [3.8, 4) is 0 Å². The molecule has 2 N–H and O–H groups in total. The molecule has 1 amide bonds. The highest BCUT2D eigenvalue weighted by Crippen LogP contribution is 2.32. The number of carboxylic acids is 1. The number of hydrogen-bond donors (Lipinski definition) is 2. The van der Waals surface area contributed by atoms with E-state index in [0.29, 0.717) is 11.5 Å². The lowest BCUT2D eigenvalue weighted by Gasteiger charge is -2.25. The largest absolute Gasteiger partial charge is 0.479 e. The van der Waals surface area contributed by atoms with E-state index in [-0.39, 0.29) is 6.61 Å². The van der Waals surface area contributed by atoms with E-state index in [9.17, 15) is 14.7 Å². The third-order valence-corrected chi connectivity index (χ3v) is 4.54. The molecule has 1 saturated carbocycles. The predicted octanol–water partition coefficient (Wildman–Crippen LogP) is 2.95. The van der Waals surface area contributed by atoms with Crippen molar-refractivity contribution in [3.05, 3.63) is 35.4 Å². The van der Waals surface area contributed by atoms with Crippen LogP contribution >= 0.6 is 0 Å². The monoisotopic (exact) mass is 319 g/mol. The van der Waals surface area contributed by atoms with Gasteiger partial charge in [-0.25, -0.2) is 4.79 Å². The molecule has 5 heteroatoms. The van der Waals surface area contributed by atoms with Crippen LogP contribution in [0.3, 0.4) is 0 Å². The number of benzene rings is 1. The number of aliphatic carboxylic acids is 1. The highest BCUT2D eigenvalue weighted by atomic mass is 16.5. The molecule has 126 valence electrons. The second-order valence-corrected chi connectivity index (χ2v) is 6.48. The molecule has 0 aromatic heterocycles. The van der Waals surface area contributed by atoms with Crippen LogP contribution in [0.2, 0.25) is 0 Å². The van der Waals surface area contributed by atoms with E-state index in [1.165, 1.54) is 51.7 Å². The van der Waals surface area contributed by atoms with Crippen LogP contribution < -0.4 is 5.32 Å². The Labute approximate surface area is 137 Å². The number of carboxylic acid groups (broad SMARTS) is 1. The average molecular weight is 319 g/mol. The van der Waals surface area contributed by atoms with Gasteiger partial charge in [-0.05, 0) is 43.4 Å². The molecule has 1 aliphatic rings. The number of nitrogens with one attached hydrogen (secondary N) is 1. The van der Waals surface area contributed by atoms with Crippen molar-refractivity contribution in [2.45, 2.75) is 50.5 Å². The normalized spacial score (nSPS) is 18.2. The lowest BCUT2D eigenvalue weighted by Crippen LogP contribution is -2.55. The summed E-state index contributed by atoms with van der Waals surface area (Å²) < 4.78 is 4.91. The summed E-state index contributed by atoms with van der Waals surface area (Å²) in [5.41, 5.74) is 0.292. The molecule has 1 aromatic rings. The van der Waals surface area contributed by atoms with Crippen molar-refractivity contribution >= 4 is 11.9 Å². The second-order valence-electron chi connectivity index (χ2n) is 6.48. The van der Waals surface area contributed by atoms with Crippen molar-refractivity contribution in [1.82, 2.24) is 5.32 Å². The van der Waals surface area contributed by atoms with Gasteiger partial charge < -0.3 is 15.2 Å². The predicted molar refractivity (Wildman–Crippen MR) is 87.7 cm³/mol. The summed E-state index contributed by atoms with van der Waals surface area (Å²) in [5.74, 6) is -0.938. The van der Waals surface area contributed by atoms with Crippen molar-refractivity contribution in [2.75, 3.05) is 13.7 Å². The molecule has 2 rings (SSSR count). The van der Waals surface area contributed by atoms with E-state index in [1.54, 1.807) is 12.1 Å². The Bertz CT molecular complexity index is 549. The Kier molecular flexibility index (Phi) is 5.77. The fraction of sp³-hybridized carbons (Fsp3) is 0.556. The van der Waals surface area contributed by atoms with Gasteiger partial charge in [0.1, 0.15) is 0 Å². The van der Waals surface area contributed by atoms with Crippen LogP contribution in [0.5, 0.6) is 0 Å². The minimum Gasteiger partial charge on any atom is -0.479 e. The lowest BCUT2D eigenvalue weighted by atomic mass is 9.84. The molecule has 0 spiro atoms. The highest BCUT2D eigenvalue weighted by Gasteiger charge is 2.35. The van der Waals surface area contributed by atoms with Gasteiger partial charge in [0.2, 0.25) is 0 Å². The molecule has 0 bridgehead atoms. The number of hydrogen-bond acceptors (Lipinski definition) is 3. The molecule has 1 aromatic carbocycles. The van der Waals surface area contributed by atoms with Gasteiger partial charge in [-0.1, -0.05) is 31.4 Å².